The standard InChI is InChI=1S/C17H27N3O3S/c1-3-14(2)15-4-6-16(7-5-15)24(22,23)20-12-10-19(11-13-20)17(21)8-9-18/h4-7,14H,3,8-13,18H2,1-2H3. The topological polar surface area (TPSA) is 83.7 Å². The quantitative estimate of drug-likeness (QED) is 0.837. The van der Waals surface area contributed by atoms with Crippen LogP contribution in [0.4, 0.5) is 0 Å². The predicted octanol–water partition coefficient (Wildman–Crippen LogP) is 1.38. The van der Waals surface area contributed by atoms with Crippen molar-refractivity contribution in [3.63, 3.8) is 0 Å². The molecule has 0 saturated carbocycles. The van der Waals surface area contributed by atoms with Crippen LogP contribution in [0.5, 0.6) is 0 Å². The Bertz CT molecular complexity index is 650. The van der Waals surface area contributed by atoms with Crippen molar-refractivity contribution in [2.75, 3.05) is 32.7 Å². The van der Waals surface area contributed by atoms with E-state index in [1.165, 1.54) is 4.31 Å². The second-order valence-corrected chi connectivity index (χ2v) is 8.14. The minimum atomic E-state index is -3.50. The average molecular weight is 353 g/mol. The summed E-state index contributed by atoms with van der Waals surface area (Å²) in [6, 6.07) is 7.15. The molecule has 0 aromatic heterocycles. The molecule has 2 rings (SSSR count). The first kappa shape index (κ1) is 18.9. The van der Waals surface area contributed by atoms with Crippen LogP contribution in [0.25, 0.3) is 0 Å². The molecule has 1 amide bonds. The first-order valence-electron chi connectivity index (χ1n) is 8.48. The van der Waals surface area contributed by atoms with Gasteiger partial charge in [-0.2, -0.15) is 4.31 Å². The van der Waals surface area contributed by atoms with Crippen molar-refractivity contribution in [2.24, 2.45) is 5.73 Å². The Labute approximate surface area is 144 Å². The van der Waals surface area contributed by atoms with Crippen molar-refractivity contribution in [1.29, 1.82) is 0 Å². The second kappa shape index (κ2) is 8.09. The van der Waals surface area contributed by atoms with Crippen molar-refractivity contribution in [2.45, 2.75) is 37.5 Å². The summed E-state index contributed by atoms with van der Waals surface area (Å²) in [5.74, 6) is 0.409. The molecular formula is C17H27N3O3S. The van der Waals surface area contributed by atoms with Crippen molar-refractivity contribution < 1.29 is 13.2 Å². The monoisotopic (exact) mass is 353 g/mol. The Hall–Kier alpha value is -1.44. The van der Waals surface area contributed by atoms with Crippen LogP contribution in [0.1, 0.15) is 38.2 Å². The maximum atomic E-state index is 12.7. The van der Waals surface area contributed by atoms with Gasteiger partial charge in [0.15, 0.2) is 0 Å². The summed E-state index contributed by atoms with van der Waals surface area (Å²) < 4.78 is 26.9. The van der Waals surface area contributed by atoms with Crippen LogP contribution in [-0.4, -0.2) is 56.3 Å². The largest absolute Gasteiger partial charge is 0.340 e. The normalized spacial score (nSPS) is 17.7. The van der Waals surface area contributed by atoms with E-state index in [-0.39, 0.29) is 5.91 Å². The van der Waals surface area contributed by atoms with Crippen molar-refractivity contribution >= 4 is 15.9 Å². The molecule has 1 heterocycles. The fraction of sp³-hybridized carbons (Fsp3) is 0.588. The van der Waals surface area contributed by atoms with Gasteiger partial charge in [-0.25, -0.2) is 8.42 Å². The number of sulfonamides is 1. The van der Waals surface area contributed by atoms with Gasteiger partial charge < -0.3 is 10.6 Å². The minimum absolute atomic E-state index is 0.00699. The van der Waals surface area contributed by atoms with E-state index in [0.29, 0.717) is 50.0 Å². The van der Waals surface area contributed by atoms with Crippen LogP contribution in [-0.2, 0) is 14.8 Å². The number of carbonyl (C=O) groups excluding carboxylic acids is 1. The fourth-order valence-electron chi connectivity index (χ4n) is 2.81. The van der Waals surface area contributed by atoms with E-state index in [4.69, 9.17) is 5.73 Å². The van der Waals surface area contributed by atoms with Gasteiger partial charge in [-0.1, -0.05) is 26.0 Å². The van der Waals surface area contributed by atoms with Gasteiger partial charge in [0, 0.05) is 39.1 Å². The van der Waals surface area contributed by atoms with Gasteiger partial charge >= 0.3 is 0 Å². The molecule has 1 aromatic carbocycles. The molecule has 2 N–H and O–H groups in total. The van der Waals surface area contributed by atoms with Crippen molar-refractivity contribution in [3.05, 3.63) is 29.8 Å². The highest BCUT2D eigenvalue weighted by Gasteiger charge is 2.29. The molecule has 0 spiro atoms. The molecule has 7 heteroatoms. The molecule has 6 nitrogen and oxygen atoms in total. The van der Waals surface area contributed by atoms with E-state index in [1.54, 1.807) is 17.0 Å². The summed E-state index contributed by atoms with van der Waals surface area (Å²) in [5, 5.41) is 0. The summed E-state index contributed by atoms with van der Waals surface area (Å²) >= 11 is 0. The molecule has 1 saturated heterocycles. The van der Waals surface area contributed by atoms with Crippen LogP contribution < -0.4 is 5.73 Å². The lowest BCUT2D eigenvalue weighted by molar-refractivity contribution is -0.132. The summed E-state index contributed by atoms with van der Waals surface area (Å²) in [7, 11) is -3.50. The molecule has 0 radical (unpaired) electrons. The highest BCUT2D eigenvalue weighted by atomic mass is 32.2. The van der Waals surface area contributed by atoms with E-state index in [9.17, 15) is 13.2 Å². The number of rotatable bonds is 6. The van der Waals surface area contributed by atoms with E-state index >= 15 is 0 Å². The van der Waals surface area contributed by atoms with Crippen molar-refractivity contribution in [1.82, 2.24) is 9.21 Å². The number of nitrogens with zero attached hydrogens (tertiary/aromatic N) is 2. The fourth-order valence-corrected chi connectivity index (χ4v) is 4.23. The van der Waals surface area contributed by atoms with E-state index in [1.807, 2.05) is 12.1 Å². The lowest BCUT2D eigenvalue weighted by Crippen LogP contribution is -2.50. The maximum absolute atomic E-state index is 12.7. The van der Waals surface area contributed by atoms with Gasteiger partial charge in [-0.3, -0.25) is 4.79 Å². The predicted molar refractivity (Wildman–Crippen MR) is 94.2 cm³/mol. The van der Waals surface area contributed by atoms with Gasteiger partial charge in [0.2, 0.25) is 15.9 Å². The average Bonchev–Trinajstić information content (AvgIpc) is 2.61. The lowest BCUT2D eigenvalue weighted by Gasteiger charge is -2.34. The highest BCUT2D eigenvalue weighted by molar-refractivity contribution is 7.89. The molecule has 1 aliphatic rings. The Morgan fingerprint density at radius 1 is 1.17 bits per heavy atom. The molecule has 1 fully saturated rings. The van der Waals surface area contributed by atoms with Crippen LogP contribution in [0.15, 0.2) is 29.2 Å². The van der Waals surface area contributed by atoms with E-state index in [2.05, 4.69) is 13.8 Å². The minimum Gasteiger partial charge on any atom is -0.340 e. The number of carbonyl (C=O) groups is 1. The van der Waals surface area contributed by atoms with Gasteiger partial charge in [0.25, 0.3) is 0 Å². The number of hydrogen-bond donors (Lipinski definition) is 1. The third kappa shape index (κ3) is 4.15. The lowest BCUT2D eigenvalue weighted by atomic mass is 9.99. The zero-order valence-electron chi connectivity index (χ0n) is 14.4. The maximum Gasteiger partial charge on any atom is 0.243 e. The smallest absolute Gasteiger partial charge is 0.243 e. The number of hydrogen-bond acceptors (Lipinski definition) is 4. The molecule has 1 aliphatic heterocycles. The molecule has 134 valence electrons. The molecule has 1 atom stereocenters. The molecule has 0 bridgehead atoms. The van der Waals surface area contributed by atoms with Crippen molar-refractivity contribution in [3.8, 4) is 0 Å². The SMILES string of the molecule is CCC(C)c1ccc(S(=O)(=O)N2CCN(C(=O)CCN)CC2)cc1. The highest BCUT2D eigenvalue weighted by Crippen LogP contribution is 2.23. The molecule has 24 heavy (non-hydrogen) atoms. The summed E-state index contributed by atoms with van der Waals surface area (Å²) in [4.78, 5) is 13.8. The summed E-state index contributed by atoms with van der Waals surface area (Å²) in [6.45, 7) is 6.05. The zero-order valence-corrected chi connectivity index (χ0v) is 15.3. The number of amides is 1. The number of nitrogens with two attached hydrogens (primary N) is 1. The van der Waals surface area contributed by atoms with Gasteiger partial charge in [0.1, 0.15) is 0 Å². The Morgan fingerprint density at radius 3 is 2.25 bits per heavy atom. The molecule has 1 unspecified atom stereocenters. The molecule has 1 aromatic rings. The third-order valence-electron chi connectivity index (χ3n) is 4.65. The summed E-state index contributed by atoms with van der Waals surface area (Å²) in [5.41, 5.74) is 6.55. The third-order valence-corrected chi connectivity index (χ3v) is 6.56. The number of benzene rings is 1. The summed E-state index contributed by atoms with van der Waals surface area (Å²) in [6.07, 6.45) is 1.33. The van der Waals surface area contributed by atoms with Crippen LogP contribution in [0, 0.1) is 0 Å². The van der Waals surface area contributed by atoms with Gasteiger partial charge in [-0.05, 0) is 30.0 Å². The first-order valence-corrected chi connectivity index (χ1v) is 9.92. The molecule has 0 aliphatic carbocycles. The Balaban J connectivity index is 2.05. The van der Waals surface area contributed by atoms with Crippen LogP contribution in [0.2, 0.25) is 0 Å². The molecular weight excluding hydrogens is 326 g/mol. The van der Waals surface area contributed by atoms with E-state index < -0.39 is 10.0 Å². The second-order valence-electron chi connectivity index (χ2n) is 6.20. The zero-order chi connectivity index (χ0) is 17.7. The van der Waals surface area contributed by atoms with Crippen LogP contribution in [0.3, 0.4) is 0 Å². The van der Waals surface area contributed by atoms with Gasteiger partial charge in [-0.15, -0.1) is 0 Å². The van der Waals surface area contributed by atoms with Gasteiger partial charge in [0.05, 0.1) is 4.90 Å². The van der Waals surface area contributed by atoms with Crippen LogP contribution >= 0.6 is 0 Å². The van der Waals surface area contributed by atoms with E-state index in [0.717, 1.165) is 12.0 Å². The Kier molecular flexibility index (Phi) is 6.37. The first-order chi connectivity index (χ1) is 11.4. The Morgan fingerprint density at radius 2 is 1.75 bits per heavy atom. The number of piperazine rings is 1.